The first kappa shape index (κ1) is 15.7. The third-order valence-electron chi connectivity index (χ3n) is 4.35. The zero-order valence-corrected chi connectivity index (χ0v) is 15.5. The number of rotatable bonds is 2. The van der Waals surface area contributed by atoms with Gasteiger partial charge in [0.2, 0.25) is 10.8 Å². The molecule has 0 N–H and O–H groups in total. The first-order valence-corrected chi connectivity index (χ1v) is 9.54. The van der Waals surface area contributed by atoms with Crippen LogP contribution in [0.25, 0.3) is 15.5 Å². The largest absolute Gasteiger partial charge is 0.333 e. The van der Waals surface area contributed by atoms with Crippen LogP contribution in [0.15, 0.2) is 28.7 Å². The van der Waals surface area contributed by atoms with Gasteiger partial charge < -0.3 is 4.90 Å². The third kappa shape index (κ3) is 2.63. The van der Waals surface area contributed by atoms with Crippen molar-refractivity contribution in [3.63, 3.8) is 0 Å². The van der Waals surface area contributed by atoms with Crippen molar-refractivity contribution >= 4 is 38.1 Å². The van der Waals surface area contributed by atoms with Crippen molar-refractivity contribution in [3.8, 4) is 10.6 Å². The highest BCUT2D eigenvalue weighted by molar-refractivity contribution is 9.10. The quantitative estimate of drug-likeness (QED) is 0.652. The summed E-state index contributed by atoms with van der Waals surface area (Å²) >= 11 is 4.97. The molecule has 4 rings (SSSR count). The number of nitrogens with zero attached hydrogens (tertiary/aromatic N) is 5. The van der Waals surface area contributed by atoms with Crippen LogP contribution < -0.4 is 0 Å². The fourth-order valence-corrected chi connectivity index (χ4v) is 4.50. The Hall–Kier alpha value is -1.80. The molecule has 0 unspecified atom stereocenters. The predicted molar refractivity (Wildman–Crippen MR) is 96.1 cm³/mol. The molecule has 1 atom stereocenters. The van der Waals surface area contributed by atoms with Crippen molar-refractivity contribution in [2.75, 3.05) is 6.54 Å². The standard InChI is InChI=1S/C16H16BrN5OS/c1-10-6-4-5-9-21(10)15(23)13-18-19-16-22(13)20-14(24-16)11-7-2-3-8-12(11)17/h2-3,7-8,10H,4-6,9H2,1H3/t10-/m0/s1. The molecular weight excluding hydrogens is 390 g/mol. The van der Waals surface area contributed by atoms with Crippen LogP contribution in [-0.4, -0.2) is 43.2 Å². The van der Waals surface area contributed by atoms with E-state index in [9.17, 15) is 4.79 Å². The molecule has 0 spiro atoms. The zero-order valence-electron chi connectivity index (χ0n) is 13.1. The van der Waals surface area contributed by atoms with Crippen molar-refractivity contribution in [3.05, 3.63) is 34.6 Å². The first-order chi connectivity index (χ1) is 11.6. The Kier molecular flexibility index (Phi) is 4.09. The molecule has 124 valence electrons. The van der Waals surface area contributed by atoms with E-state index in [2.05, 4.69) is 38.1 Å². The topological polar surface area (TPSA) is 63.4 Å². The van der Waals surface area contributed by atoms with Gasteiger partial charge in [0.1, 0.15) is 5.01 Å². The van der Waals surface area contributed by atoms with Gasteiger partial charge in [0.15, 0.2) is 0 Å². The van der Waals surface area contributed by atoms with Crippen LogP contribution in [0, 0.1) is 0 Å². The average Bonchev–Trinajstić information content (AvgIpc) is 3.15. The first-order valence-electron chi connectivity index (χ1n) is 7.93. The third-order valence-corrected chi connectivity index (χ3v) is 5.97. The number of likely N-dealkylation sites (tertiary alicyclic amines) is 1. The van der Waals surface area contributed by atoms with Crippen LogP contribution in [-0.2, 0) is 0 Å². The van der Waals surface area contributed by atoms with E-state index in [0.717, 1.165) is 34.4 Å². The van der Waals surface area contributed by atoms with E-state index in [-0.39, 0.29) is 11.9 Å². The van der Waals surface area contributed by atoms with Crippen molar-refractivity contribution in [1.29, 1.82) is 0 Å². The molecule has 3 aromatic rings. The molecule has 1 saturated heterocycles. The summed E-state index contributed by atoms with van der Waals surface area (Å²) in [6.07, 6.45) is 3.24. The molecule has 0 radical (unpaired) electrons. The molecule has 1 aromatic carbocycles. The second kappa shape index (κ2) is 6.25. The Morgan fingerprint density at radius 1 is 1.29 bits per heavy atom. The molecule has 2 aromatic heterocycles. The lowest BCUT2D eigenvalue weighted by Crippen LogP contribution is -2.42. The van der Waals surface area contributed by atoms with Gasteiger partial charge in [-0.1, -0.05) is 45.5 Å². The average molecular weight is 406 g/mol. The highest BCUT2D eigenvalue weighted by atomic mass is 79.9. The summed E-state index contributed by atoms with van der Waals surface area (Å²) < 4.78 is 2.54. The Labute approximate surface area is 151 Å². The van der Waals surface area contributed by atoms with E-state index in [1.807, 2.05) is 29.2 Å². The number of benzene rings is 1. The molecule has 1 amide bonds. The lowest BCUT2D eigenvalue weighted by Gasteiger charge is -2.32. The van der Waals surface area contributed by atoms with Crippen LogP contribution in [0.4, 0.5) is 0 Å². The second-order valence-electron chi connectivity index (χ2n) is 5.95. The molecule has 6 nitrogen and oxygen atoms in total. The molecular formula is C16H16BrN5OS. The number of hydrogen-bond donors (Lipinski definition) is 0. The van der Waals surface area contributed by atoms with Crippen LogP contribution >= 0.6 is 27.3 Å². The Morgan fingerprint density at radius 2 is 2.12 bits per heavy atom. The van der Waals surface area contributed by atoms with E-state index in [4.69, 9.17) is 0 Å². The smallest absolute Gasteiger partial charge is 0.293 e. The number of amides is 1. The molecule has 0 aliphatic carbocycles. The van der Waals surface area contributed by atoms with Gasteiger partial charge in [0, 0.05) is 22.6 Å². The number of carbonyl (C=O) groups is 1. The van der Waals surface area contributed by atoms with E-state index < -0.39 is 0 Å². The monoisotopic (exact) mass is 405 g/mol. The molecule has 0 saturated carbocycles. The normalized spacial score (nSPS) is 18.2. The van der Waals surface area contributed by atoms with Gasteiger partial charge in [-0.3, -0.25) is 4.79 Å². The van der Waals surface area contributed by atoms with Gasteiger partial charge in [-0.15, -0.1) is 10.2 Å². The SMILES string of the molecule is C[C@H]1CCCCN1C(=O)c1nnc2sc(-c3ccccc3Br)nn12. The van der Waals surface area contributed by atoms with Gasteiger partial charge in [-0.2, -0.15) is 9.61 Å². The minimum atomic E-state index is -0.0846. The summed E-state index contributed by atoms with van der Waals surface area (Å²) in [6, 6.07) is 8.12. The maximum absolute atomic E-state index is 12.9. The fraction of sp³-hybridized carbons (Fsp3) is 0.375. The maximum Gasteiger partial charge on any atom is 0.293 e. The van der Waals surface area contributed by atoms with Crippen molar-refractivity contribution in [2.45, 2.75) is 32.2 Å². The Morgan fingerprint density at radius 3 is 2.92 bits per heavy atom. The number of piperidine rings is 1. The number of aromatic nitrogens is 4. The Bertz CT molecular complexity index is 905. The lowest BCUT2D eigenvalue weighted by molar-refractivity contribution is 0.0620. The lowest BCUT2D eigenvalue weighted by atomic mass is 10.0. The number of carbonyl (C=O) groups excluding carboxylic acids is 1. The van der Waals surface area contributed by atoms with Crippen LogP contribution in [0.1, 0.15) is 36.8 Å². The Balaban J connectivity index is 1.72. The summed E-state index contributed by atoms with van der Waals surface area (Å²) in [5.74, 6) is 0.215. The van der Waals surface area contributed by atoms with E-state index >= 15 is 0 Å². The second-order valence-corrected chi connectivity index (χ2v) is 7.76. The van der Waals surface area contributed by atoms with E-state index in [1.165, 1.54) is 17.8 Å². The fourth-order valence-electron chi connectivity index (χ4n) is 3.02. The summed E-state index contributed by atoms with van der Waals surface area (Å²) in [6.45, 7) is 2.86. The van der Waals surface area contributed by atoms with Gasteiger partial charge in [0.05, 0.1) is 0 Å². The van der Waals surface area contributed by atoms with Crippen molar-refractivity contribution in [2.24, 2.45) is 0 Å². The van der Waals surface area contributed by atoms with Gasteiger partial charge in [-0.05, 0) is 32.3 Å². The summed E-state index contributed by atoms with van der Waals surface area (Å²) in [5, 5.41) is 13.6. The molecule has 1 aliphatic heterocycles. The molecule has 24 heavy (non-hydrogen) atoms. The zero-order chi connectivity index (χ0) is 16.7. The van der Waals surface area contributed by atoms with Gasteiger partial charge >= 0.3 is 0 Å². The predicted octanol–water partition coefficient (Wildman–Crippen LogP) is 3.63. The summed E-state index contributed by atoms with van der Waals surface area (Å²) in [7, 11) is 0. The maximum atomic E-state index is 12.9. The molecule has 8 heteroatoms. The minimum Gasteiger partial charge on any atom is -0.333 e. The van der Waals surface area contributed by atoms with Crippen LogP contribution in [0.2, 0.25) is 0 Å². The van der Waals surface area contributed by atoms with Crippen LogP contribution in [0.3, 0.4) is 0 Å². The molecule has 1 aliphatic rings. The number of halogens is 1. The number of hydrogen-bond acceptors (Lipinski definition) is 5. The van der Waals surface area contributed by atoms with E-state index in [1.54, 1.807) is 4.52 Å². The highest BCUT2D eigenvalue weighted by Crippen LogP contribution is 2.31. The van der Waals surface area contributed by atoms with Gasteiger partial charge in [0.25, 0.3) is 5.91 Å². The highest BCUT2D eigenvalue weighted by Gasteiger charge is 2.29. The van der Waals surface area contributed by atoms with Crippen molar-refractivity contribution < 1.29 is 4.79 Å². The molecule has 3 heterocycles. The van der Waals surface area contributed by atoms with E-state index in [0.29, 0.717) is 10.8 Å². The number of fused-ring (bicyclic) bond motifs is 1. The molecule has 0 bridgehead atoms. The minimum absolute atomic E-state index is 0.0846. The van der Waals surface area contributed by atoms with Crippen molar-refractivity contribution in [1.82, 2.24) is 24.7 Å². The van der Waals surface area contributed by atoms with Gasteiger partial charge in [-0.25, -0.2) is 0 Å². The van der Waals surface area contributed by atoms with Crippen LogP contribution in [0.5, 0.6) is 0 Å². The summed E-state index contributed by atoms with van der Waals surface area (Å²) in [5.41, 5.74) is 0.984. The summed E-state index contributed by atoms with van der Waals surface area (Å²) in [4.78, 5) is 15.4. The molecule has 1 fully saturated rings.